The van der Waals surface area contributed by atoms with Crippen molar-refractivity contribution in [3.8, 4) is 28.4 Å². The first-order valence-electron chi connectivity index (χ1n) is 6.72. The summed E-state index contributed by atoms with van der Waals surface area (Å²) in [6.45, 7) is 0. The molecule has 0 aliphatic rings. The number of nitrogens with two attached hydrogens (primary N) is 1. The molecule has 0 saturated heterocycles. The van der Waals surface area contributed by atoms with Crippen LogP contribution >= 0.6 is 0 Å². The molecule has 3 aromatic rings. The van der Waals surface area contributed by atoms with E-state index in [-0.39, 0.29) is 0 Å². The van der Waals surface area contributed by atoms with Crippen LogP contribution in [0.25, 0.3) is 16.9 Å². The maximum Gasteiger partial charge on any atom is 0.132 e. The van der Waals surface area contributed by atoms with Crippen LogP contribution in [0.2, 0.25) is 0 Å². The van der Waals surface area contributed by atoms with Gasteiger partial charge in [-0.2, -0.15) is 0 Å². The van der Waals surface area contributed by atoms with E-state index in [9.17, 15) is 0 Å². The maximum atomic E-state index is 5.80. The van der Waals surface area contributed by atoms with Crippen molar-refractivity contribution in [2.45, 2.75) is 0 Å². The molecule has 112 valence electrons. The van der Waals surface area contributed by atoms with Gasteiger partial charge in [-0.1, -0.05) is 11.3 Å². The Morgan fingerprint density at radius 3 is 2.64 bits per heavy atom. The van der Waals surface area contributed by atoms with E-state index in [2.05, 4.69) is 10.3 Å². The van der Waals surface area contributed by atoms with E-state index in [0.29, 0.717) is 17.1 Å². The summed E-state index contributed by atoms with van der Waals surface area (Å²) in [7, 11) is 3.23. The summed E-state index contributed by atoms with van der Waals surface area (Å²) in [5, 5.41) is 8.35. The number of methoxy groups -OCH3 is 2. The minimum absolute atomic E-state index is 0.677. The van der Waals surface area contributed by atoms with Crippen LogP contribution in [0, 0.1) is 0 Å². The minimum atomic E-state index is 0.677. The second-order valence-electron chi connectivity index (χ2n) is 4.71. The highest BCUT2D eigenvalue weighted by Crippen LogP contribution is 2.32. The molecule has 0 radical (unpaired) electrons. The van der Waals surface area contributed by atoms with Crippen LogP contribution in [0.4, 0.5) is 5.69 Å². The van der Waals surface area contributed by atoms with Gasteiger partial charge >= 0.3 is 0 Å². The molecule has 6 nitrogen and oxygen atoms in total. The Hall–Kier alpha value is -3.02. The smallest absolute Gasteiger partial charge is 0.132 e. The van der Waals surface area contributed by atoms with Gasteiger partial charge in [-0.25, -0.2) is 4.68 Å². The number of hydrogen-bond acceptors (Lipinski definition) is 5. The van der Waals surface area contributed by atoms with Gasteiger partial charge in [0.25, 0.3) is 0 Å². The third kappa shape index (κ3) is 2.58. The second kappa shape index (κ2) is 5.77. The first-order chi connectivity index (χ1) is 10.7. The quantitative estimate of drug-likeness (QED) is 0.749. The fraction of sp³-hybridized carbons (Fsp3) is 0.125. The molecule has 3 rings (SSSR count). The zero-order valence-electron chi connectivity index (χ0n) is 12.4. The lowest BCUT2D eigenvalue weighted by Crippen LogP contribution is -1.95. The lowest BCUT2D eigenvalue weighted by atomic mass is 10.1. The Labute approximate surface area is 128 Å². The molecule has 0 bridgehead atoms. The SMILES string of the molecule is COc1ccc(-c2cn(-c3cccc(N)c3)nn2)c(OC)c1. The molecule has 0 fully saturated rings. The Kier molecular flexibility index (Phi) is 3.65. The van der Waals surface area contributed by atoms with Gasteiger partial charge in [0.15, 0.2) is 0 Å². The number of rotatable bonds is 4. The molecular weight excluding hydrogens is 280 g/mol. The fourth-order valence-electron chi connectivity index (χ4n) is 2.19. The highest BCUT2D eigenvalue weighted by Gasteiger charge is 2.12. The molecule has 1 aromatic heterocycles. The number of benzene rings is 2. The molecule has 0 atom stereocenters. The topological polar surface area (TPSA) is 75.2 Å². The number of ether oxygens (including phenoxy) is 2. The van der Waals surface area contributed by atoms with Crippen molar-refractivity contribution in [2.24, 2.45) is 0 Å². The average Bonchev–Trinajstić information content (AvgIpc) is 3.04. The molecule has 22 heavy (non-hydrogen) atoms. The average molecular weight is 296 g/mol. The molecule has 0 aliphatic carbocycles. The molecule has 0 saturated carbocycles. The van der Waals surface area contributed by atoms with Crippen LogP contribution in [-0.2, 0) is 0 Å². The highest BCUT2D eigenvalue weighted by atomic mass is 16.5. The summed E-state index contributed by atoms with van der Waals surface area (Å²) in [5.41, 5.74) is 8.88. The van der Waals surface area contributed by atoms with Gasteiger partial charge in [0.2, 0.25) is 0 Å². The summed E-state index contributed by atoms with van der Waals surface area (Å²) in [6, 6.07) is 13.0. The Morgan fingerprint density at radius 1 is 1.05 bits per heavy atom. The predicted molar refractivity (Wildman–Crippen MR) is 84.3 cm³/mol. The number of anilines is 1. The van der Waals surface area contributed by atoms with Crippen molar-refractivity contribution in [1.29, 1.82) is 0 Å². The zero-order valence-corrected chi connectivity index (χ0v) is 12.4. The van der Waals surface area contributed by atoms with Crippen molar-refractivity contribution in [2.75, 3.05) is 20.0 Å². The van der Waals surface area contributed by atoms with E-state index in [4.69, 9.17) is 15.2 Å². The largest absolute Gasteiger partial charge is 0.497 e. The molecule has 0 aliphatic heterocycles. The van der Waals surface area contributed by atoms with Gasteiger partial charge in [0.1, 0.15) is 17.2 Å². The van der Waals surface area contributed by atoms with Crippen molar-refractivity contribution in [1.82, 2.24) is 15.0 Å². The lowest BCUT2D eigenvalue weighted by molar-refractivity contribution is 0.395. The van der Waals surface area contributed by atoms with Crippen molar-refractivity contribution in [3.63, 3.8) is 0 Å². The van der Waals surface area contributed by atoms with Crippen LogP contribution in [0.5, 0.6) is 11.5 Å². The van der Waals surface area contributed by atoms with Gasteiger partial charge in [-0.05, 0) is 30.3 Å². The van der Waals surface area contributed by atoms with E-state index in [1.54, 1.807) is 18.9 Å². The highest BCUT2D eigenvalue weighted by molar-refractivity contribution is 5.68. The maximum absolute atomic E-state index is 5.80. The van der Waals surface area contributed by atoms with Gasteiger partial charge < -0.3 is 15.2 Å². The third-order valence-electron chi connectivity index (χ3n) is 3.31. The number of aromatic nitrogens is 3. The van der Waals surface area contributed by atoms with E-state index in [1.807, 2.05) is 48.7 Å². The van der Waals surface area contributed by atoms with Crippen LogP contribution < -0.4 is 15.2 Å². The number of hydrogen-bond donors (Lipinski definition) is 1. The normalized spacial score (nSPS) is 10.5. The lowest BCUT2D eigenvalue weighted by Gasteiger charge is -2.07. The summed E-state index contributed by atoms with van der Waals surface area (Å²) >= 11 is 0. The molecule has 6 heteroatoms. The summed E-state index contributed by atoms with van der Waals surface area (Å²) in [4.78, 5) is 0. The molecular formula is C16H16N4O2. The van der Waals surface area contributed by atoms with Crippen LogP contribution in [0.15, 0.2) is 48.7 Å². The Bertz CT molecular complexity index is 798. The Balaban J connectivity index is 2.00. The summed E-state index contributed by atoms with van der Waals surface area (Å²) in [5.74, 6) is 1.41. The standard InChI is InChI=1S/C16H16N4O2/c1-21-13-6-7-14(16(9-13)22-2)15-10-20(19-18-15)12-5-3-4-11(17)8-12/h3-10H,17H2,1-2H3. The minimum Gasteiger partial charge on any atom is -0.497 e. The first-order valence-corrected chi connectivity index (χ1v) is 6.72. The van der Waals surface area contributed by atoms with Crippen LogP contribution in [-0.4, -0.2) is 29.2 Å². The van der Waals surface area contributed by atoms with Gasteiger partial charge in [-0.3, -0.25) is 0 Å². The summed E-state index contributed by atoms with van der Waals surface area (Å²) < 4.78 is 12.3. The van der Waals surface area contributed by atoms with Crippen LogP contribution in [0.1, 0.15) is 0 Å². The van der Waals surface area contributed by atoms with E-state index in [0.717, 1.165) is 17.0 Å². The molecule has 0 spiro atoms. The monoisotopic (exact) mass is 296 g/mol. The molecule has 0 unspecified atom stereocenters. The first kappa shape index (κ1) is 13.9. The van der Waals surface area contributed by atoms with Crippen molar-refractivity contribution >= 4 is 5.69 Å². The van der Waals surface area contributed by atoms with Crippen LogP contribution in [0.3, 0.4) is 0 Å². The molecule has 0 amide bonds. The third-order valence-corrected chi connectivity index (χ3v) is 3.31. The number of nitrogen functional groups attached to an aromatic ring is 1. The number of nitrogens with zero attached hydrogens (tertiary/aromatic N) is 3. The molecule has 2 N–H and O–H groups in total. The van der Waals surface area contributed by atoms with Gasteiger partial charge in [0, 0.05) is 17.3 Å². The molecule has 1 heterocycles. The van der Waals surface area contributed by atoms with E-state index < -0.39 is 0 Å². The van der Waals surface area contributed by atoms with E-state index in [1.165, 1.54) is 0 Å². The molecule has 2 aromatic carbocycles. The van der Waals surface area contributed by atoms with Gasteiger partial charge in [0.05, 0.1) is 26.1 Å². The van der Waals surface area contributed by atoms with E-state index >= 15 is 0 Å². The fourth-order valence-corrected chi connectivity index (χ4v) is 2.19. The predicted octanol–water partition coefficient (Wildman–Crippen LogP) is 2.53. The van der Waals surface area contributed by atoms with Gasteiger partial charge in [-0.15, -0.1) is 5.10 Å². The van der Waals surface area contributed by atoms with Crippen molar-refractivity contribution < 1.29 is 9.47 Å². The second-order valence-corrected chi connectivity index (χ2v) is 4.71. The zero-order chi connectivity index (χ0) is 15.5. The summed E-state index contributed by atoms with van der Waals surface area (Å²) in [6.07, 6.45) is 1.83. The van der Waals surface area contributed by atoms with Crippen molar-refractivity contribution in [3.05, 3.63) is 48.7 Å². The Morgan fingerprint density at radius 2 is 1.91 bits per heavy atom.